The molecule has 0 saturated heterocycles. The molecule has 3 rings (SSSR count). The van der Waals surface area contributed by atoms with Crippen molar-refractivity contribution in [2.75, 3.05) is 0 Å². The molecule has 3 aromatic rings. The molecule has 14 heavy (non-hydrogen) atoms. The SMILES string of the molecule is Cc1ccc2c(c1)sc1cc[c]cc12. The molecule has 0 spiro atoms. The summed E-state index contributed by atoms with van der Waals surface area (Å²) in [5.74, 6) is 0. The molecule has 1 heteroatoms. The Hall–Kier alpha value is -1.34. The third-order valence-corrected chi connectivity index (χ3v) is 3.60. The maximum absolute atomic E-state index is 3.13. The highest BCUT2D eigenvalue weighted by atomic mass is 32.1. The molecule has 0 N–H and O–H groups in total. The van der Waals surface area contributed by atoms with E-state index < -0.39 is 0 Å². The van der Waals surface area contributed by atoms with Crippen LogP contribution >= 0.6 is 11.3 Å². The van der Waals surface area contributed by atoms with Gasteiger partial charge in [-0.05, 0) is 36.8 Å². The molecule has 2 aromatic carbocycles. The minimum absolute atomic E-state index is 1.33. The highest BCUT2D eigenvalue weighted by Gasteiger charge is 2.02. The third-order valence-electron chi connectivity index (χ3n) is 2.47. The first-order valence-corrected chi connectivity index (χ1v) is 5.45. The predicted molar refractivity (Wildman–Crippen MR) is 62.9 cm³/mol. The lowest BCUT2D eigenvalue weighted by atomic mass is 10.1. The summed E-state index contributed by atoms with van der Waals surface area (Å²) in [5.41, 5.74) is 1.33. The molecule has 0 amide bonds. The second-order valence-corrected chi connectivity index (χ2v) is 4.61. The van der Waals surface area contributed by atoms with Crippen LogP contribution in [0.5, 0.6) is 0 Å². The fourth-order valence-electron chi connectivity index (χ4n) is 1.77. The van der Waals surface area contributed by atoms with Gasteiger partial charge in [-0.2, -0.15) is 0 Å². The average Bonchev–Trinajstić information content (AvgIpc) is 2.54. The predicted octanol–water partition coefficient (Wildman–Crippen LogP) is 4.16. The molecule has 0 atom stereocenters. The third kappa shape index (κ3) is 1.06. The molecule has 1 heterocycles. The lowest BCUT2D eigenvalue weighted by molar-refractivity contribution is 1.52. The van der Waals surface area contributed by atoms with Crippen molar-refractivity contribution >= 4 is 31.5 Å². The molecule has 0 unspecified atom stereocenters. The average molecular weight is 197 g/mol. The van der Waals surface area contributed by atoms with Crippen LogP contribution in [0.2, 0.25) is 0 Å². The minimum Gasteiger partial charge on any atom is -0.135 e. The zero-order chi connectivity index (χ0) is 9.54. The van der Waals surface area contributed by atoms with Crippen molar-refractivity contribution in [1.29, 1.82) is 0 Å². The molecular formula is C13H9S. The Morgan fingerprint density at radius 1 is 1.07 bits per heavy atom. The van der Waals surface area contributed by atoms with Crippen LogP contribution in [0.15, 0.2) is 36.4 Å². The first-order valence-electron chi connectivity index (χ1n) is 4.63. The van der Waals surface area contributed by atoms with E-state index in [1.165, 1.54) is 25.7 Å². The van der Waals surface area contributed by atoms with Crippen LogP contribution in [-0.4, -0.2) is 0 Å². The van der Waals surface area contributed by atoms with Crippen molar-refractivity contribution < 1.29 is 0 Å². The maximum Gasteiger partial charge on any atom is 0.0358 e. The van der Waals surface area contributed by atoms with E-state index in [1.807, 2.05) is 17.4 Å². The van der Waals surface area contributed by atoms with E-state index in [0.29, 0.717) is 0 Å². The maximum atomic E-state index is 3.13. The van der Waals surface area contributed by atoms with Crippen molar-refractivity contribution in [3.8, 4) is 0 Å². The molecule has 0 aliphatic rings. The summed E-state index contributed by atoms with van der Waals surface area (Å²) in [4.78, 5) is 0. The Bertz CT molecular complexity index is 605. The molecule has 0 nitrogen and oxygen atoms in total. The first kappa shape index (κ1) is 8.01. The molecule has 1 aromatic heterocycles. The van der Waals surface area contributed by atoms with Gasteiger partial charge in [0.15, 0.2) is 0 Å². The highest BCUT2D eigenvalue weighted by molar-refractivity contribution is 7.25. The zero-order valence-corrected chi connectivity index (χ0v) is 8.69. The lowest BCUT2D eigenvalue weighted by Crippen LogP contribution is -1.69. The summed E-state index contributed by atoms with van der Waals surface area (Å²) in [6, 6.07) is 15.9. The van der Waals surface area contributed by atoms with E-state index >= 15 is 0 Å². The van der Waals surface area contributed by atoms with Crippen molar-refractivity contribution in [3.63, 3.8) is 0 Å². The van der Waals surface area contributed by atoms with Gasteiger partial charge in [-0.25, -0.2) is 0 Å². The normalized spacial score (nSPS) is 11.2. The van der Waals surface area contributed by atoms with E-state index in [1.54, 1.807) is 0 Å². The molecule has 0 bridgehead atoms. The van der Waals surface area contributed by atoms with E-state index in [2.05, 4.69) is 43.3 Å². The second kappa shape index (κ2) is 2.82. The number of benzene rings is 2. The van der Waals surface area contributed by atoms with Gasteiger partial charge in [0.25, 0.3) is 0 Å². The van der Waals surface area contributed by atoms with Gasteiger partial charge in [-0.15, -0.1) is 11.3 Å². The fraction of sp³-hybridized carbons (Fsp3) is 0.0769. The number of hydrogen-bond donors (Lipinski definition) is 0. The smallest absolute Gasteiger partial charge is 0.0358 e. The van der Waals surface area contributed by atoms with Crippen LogP contribution in [0.3, 0.4) is 0 Å². The summed E-state index contributed by atoms with van der Waals surface area (Å²) < 4.78 is 2.73. The van der Waals surface area contributed by atoms with E-state index in [0.717, 1.165) is 0 Å². The molecule has 0 fully saturated rings. The second-order valence-electron chi connectivity index (χ2n) is 3.52. The van der Waals surface area contributed by atoms with Crippen LogP contribution < -0.4 is 0 Å². The Kier molecular flexibility index (Phi) is 1.62. The van der Waals surface area contributed by atoms with Crippen molar-refractivity contribution in [2.45, 2.75) is 6.92 Å². The van der Waals surface area contributed by atoms with Gasteiger partial charge in [0, 0.05) is 20.2 Å². The van der Waals surface area contributed by atoms with E-state index in [9.17, 15) is 0 Å². The van der Waals surface area contributed by atoms with Crippen molar-refractivity contribution in [1.82, 2.24) is 0 Å². The first-order chi connectivity index (χ1) is 6.84. The van der Waals surface area contributed by atoms with Crippen LogP contribution in [0.4, 0.5) is 0 Å². The van der Waals surface area contributed by atoms with Gasteiger partial charge in [0.2, 0.25) is 0 Å². The number of hydrogen-bond acceptors (Lipinski definition) is 1. The van der Waals surface area contributed by atoms with Gasteiger partial charge in [-0.3, -0.25) is 0 Å². The van der Waals surface area contributed by atoms with Gasteiger partial charge < -0.3 is 0 Å². The summed E-state index contributed by atoms with van der Waals surface area (Å²) in [6.07, 6.45) is 0. The van der Waals surface area contributed by atoms with Gasteiger partial charge in [0.05, 0.1) is 0 Å². The summed E-state index contributed by atoms with van der Waals surface area (Å²) in [5, 5.41) is 2.68. The van der Waals surface area contributed by atoms with Crippen molar-refractivity contribution in [2.24, 2.45) is 0 Å². The molecule has 67 valence electrons. The minimum atomic E-state index is 1.33. The van der Waals surface area contributed by atoms with Crippen LogP contribution in [0.1, 0.15) is 5.56 Å². The summed E-state index contributed by atoms with van der Waals surface area (Å²) in [6.45, 7) is 2.13. The molecule has 0 saturated carbocycles. The molecule has 0 aliphatic carbocycles. The van der Waals surface area contributed by atoms with Crippen LogP contribution in [0.25, 0.3) is 20.2 Å². The fourth-order valence-corrected chi connectivity index (χ4v) is 2.96. The summed E-state index contributed by atoms with van der Waals surface area (Å²) in [7, 11) is 0. The number of aryl methyl sites for hydroxylation is 1. The number of thiophene rings is 1. The monoisotopic (exact) mass is 197 g/mol. The van der Waals surface area contributed by atoms with Crippen molar-refractivity contribution in [3.05, 3.63) is 48.0 Å². The van der Waals surface area contributed by atoms with Gasteiger partial charge in [-0.1, -0.05) is 18.2 Å². The quantitative estimate of drug-likeness (QED) is 0.507. The number of rotatable bonds is 0. The molecule has 0 aliphatic heterocycles. The largest absolute Gasteiger partial charge is 0.135 e. The highest BCUT2D eigenvalue weighted by Crippen LogP contribution is 2.33. The van der Waals surface area contributed by atoms with E-state index in [4.69, 9.17) is 0 Å². The number of fused-ring (bicyclic) bond motifs is 3. The standard InChI is InChI=1S/C13H9S/c1-9-6-7-11-10-4-2-3-5-12(10)14-13(11)8-9/h3-8H,1H3. The molecule has 1 radical (unpaired) electrons. The van der Waals surface area contributed by atoms with Gasteiger partial charge >= 0.3 is 0 Å². The molecular weight excluding hydrogens is 188 g/mol. The topological polar surface area (TPSA) is 0 Å². The Balaban J connectivity index is 2.57. The Morgan fingerprint density at radius 3 is 2.93 bits per heavy atom. The zero-order valence-electron chi connectivity index (χ0n) is 7.87. The van der Waals surface area contributed by atoms with Gasteiger partial charge in [0.1, 0.15) is 0 Å². The Morgan fingerprint density at radius 2 is 2.00 bits per heavy atom. The van der Waals surface area contributed by atoms with Crippen LogP contribution in [-0.2, 0) is 0 Å². The lowest BCUT2D eigenvalue weighted by Gasteiger charge is -1.92. The summed E-state index contributed by atoms with van der Waals surface area (Å²) >= 11 is 1.86. The Labute approximate surface area is 86.8 Å². The van der Waals surface area contributed by atoms with E-state index in [-0.39, 0.29) is 0 Å². The van der Waals surface area contributed by atoms with Crippen LogP contribution in [0, 0.1) is 13.0 Å².